The normalized spacial score (nSPS) is 27.5. The standard InChI is InChI=1S/C15H19Cl2NO/c16-12-1-4-14(17)10(8-12)7-11-9-19-6-5-15(11)18-13-2-3-13/h1,4,8,11,13,15,18H,2-3,5-7,9H2. The van der Waals surface area contributed by atoms with Crippen LogP contribution in [-0.2, 0) is 11.2 Å². The molecule has 1 aromatic rings. The van der Waals surface area contributed by atoms with Crippen LogP contribution in [0.15, 0.2) is 18.2 Å². The van der Waals surface area contributed by atoms with E-state index in [2.05, 4.69) is 5.32 Å². The van der Waals surface area contributed by atoms with Gasteiger partial charge in [-0.1, -0.05) is 23.2 Å². The predicted molar refractivity (Wildman–Crippen MR) is 79.0 cm³/mol. The van der Waals surface area contributed by atoms with Crippen LogP contribution in [0.4, 0.5) is 0 Å². The average Bonchev–Trinajstić information content (AvgIpc) is 3.20. The van der Waals surface area contributed by atoms with Gasteiger partial charge in [0, 0.05) is 34.7 Å². The van der Waals surface area contributed by atoms with E-state index in [-0.39, 0.29) is 0 Å². The van der Waals surface area contributed by atoms with Gasteiger partial charge < -0.3 is 10.1 Å². The maximum absolute atomic E-state index is 6.26. The Morgan fingerprint density at radius 1 is 1.21 bits per heavy atom. The Hall–Kier alpha value is -0.280. The van der Waals surface area contributed by atoms with E-state index in [0.717, 1.165) is 47.7 Å². The Balaban J connectivity index is 1.69. The molecule has 2 atom stereocenters. The highest BCUT2D eigenvalue weighted by Gasteiger charge is 2.31. The summed E-state index contributed by atoms with van der Waals surface area (Å²) in [6.07, 6.45) is 4.67. The molecule has 0 spiro atoms. The first-order valence-electron chi connectivity index (χ1n) is 7.00. The van der Waals surface area contributed by atoms with Crippen molar-refractivity contribution in [1.29, 1.82) is 0 Å². The molecule has 3 rings (SSSR count). The molecule has 2 nitrogen and oxygen atoms in total. The monoisotopic (exact) mass is 299 g/mol. The summed E-state index contributed by atoms with van der Waals surface area (Å²) >= 11 is 12.3. The average molecular weight is 300 g/mol. The van der Waals surface area contributed by atoms with E-state index in [9.17, 15) is 0 Å². The molecule has 2 fully saturated rings. The highest BCUT2D eigenvalue weighted by molar-refractivity contribution is 6.33. The summed E-state index contributed by atoms with van der Waals surface area (Å²) in [6.45, 7) is 1.68. The molecule has 1 N–H and O–H groups in total. The maximum Gasteiger partial charge on any atom is 0.0512 e. The van der Waals surface area contributed by atoms with Crippen molar-refractivity contribution < 1.29 is 4.74 Å². The van der Waals surface area contributed by atoms with Gasteiger partial charge in [-0.25, -0.2) is 0 Å². The van der Waals surface area contributed by atoms with Crippen LogP contribution in [0.25, 0.3) is 0 Å². The summed E-state index contributed by atoms with van der Waals surface area (Å²) in [6, 6.07) is 6.99. The number of nitrogens with one attached hydrogen (secondary N) is 1. The van der Waals surface area contributed by atoms with Gasteiger partial charge in [-0.2, -0.15) is 0 Å². The lowest BCUT2D eigenvalue weighted by Crippen LogP contribution is -2.44. The van der Waals surface area contributed by atoms with E-state index in [4.69, 9.17) is 27.9 Å². The molecule has 104 valence electrons. The first-order chi connectivity index (χ1) is 9.22. The molecule has 1 aliphatic heterocycles. The molecule has 1 aromatic carbocycles. The van der Waals surface area contributed by atoms with Crippen molar-refractivity contribution in [2.75, 3.05) is 13.2 Å². The SMILES string of the molecule is Clc1ccc(Cl)c(CC2COCCC2NC2CC2)c1. The van der Waals surface area contributed by atoms with Crippen LogP contribution in [0, 0.1) is 5.92 Å². The quantitative estimate of drug-likeness (QED) is 0.915. The van der Waals surface area contributed by atoms with Gasteiger partial charge in [0.2, 0.25) is 0 Å². The fourth-order valence-corrected chi connectivity index (χ4v) is 3.14. The molecule has 0 aromatic heterocycles. The van der Waals surface area contributed by atoms with E-state index in [1.165, 1.54) is 12.8 Å². The van der Waals surface area contributed by atoms with Crippen molar-refractivity contribution in [3.8, 4) is 0 Å². The molecule has 1 heterocycles. The lowest BCUT2D eigenvalue weighted by atomic mass is 9.89. The van der Waals surface area contributed by atoms with E-state index in [0.29, 0.717) is 12.0 Å². The van der Waals surface area contributed by atoms with Gasteiger partial charge in [-0.05, 0) is 49.4 Å². The summed E-state index contributed by atoms with van der Waals surface area (Å²) in [5.74, 6) is 0.491. The molecule has 0 radical (unpaired) electrons. The van der Waals surface area contributed by atoms with Crippen molar-refractivity contribution >= 4 is 23.2 Å². The van der Waals surface area contributed by atoms with Crippen molar-refractivity contribution in [1.82, 2.24) is 5.32 Å². The highest BCUT2D eigenvalue weighted by Crippen LogP contribution is 2.29. The Kier molecular flexibility index (Phi) is 4.33. The van der Waals surface area contributed by atoms with Crippen LogP contribution < -0.4 is 5.32 Å². The molecule has 2 unspecified atom stereocenters. The highest BCUT2D eigenvalue weighted by atomic mass is 35.5. The Morgan fingerprint density at radius 2 is 2.05 bits per heavy atom. The number of ether oxygens (including phenoxy) is 1. The predicted octanol–water partition coefficient (Wildman–Crippen LogP) is 3.69. The van der Waals surface area contributed by atoms with Gasteiger partial charge in [0.15, 0.2) is 0 Å². The molecule has 0 bridgehead atoms. The number of hydrogen-bond donors (Lipinski definition) is 1. The second kappa shape index (κ2) is 6.01. The summed E-state index contributed by atoms with van der Waals surface area (Å²) in [5.41, 5.74) is 1.13. The zero-order valence-corrected chi connectivity index (χ0v) is 12.4. The molecular formula is C15H19Cl2NO. The van der Waals surface area contributed by atoms with Crippen molar-refractivity contribution in [3.05, 3.63) is 33.8 Å². The van der Waals surface area contributed by atoms with Gasteiger partial charge in [-0.15, -0.1) is 0 Å². The third-order valence-electron chi connectivity index (χ3n) is 3.99. The topological polar surface area (TPSA) is 21.3 Å². The molecule has 4 heteroatoms. The largest absolute Gasteiger partial charge is 0.381 e. The lowest BCUT2D eigenvalue weighted by Gasteiger charge is -2.32. The summed E-state index contributed by atoms with van der Waals surface area (Å²) < 4.78 is 5.64. The number of benzene rings is 1. The molecule has 2 aliphatic rings. The lowest BCUT2D eigenvalue weighted by molar-refractivity contribution is 0.0316. The first kappa shape index (κ1) is 13.7. The first-order valence-corrected chi connectivity index (χ1v) is 7.75. The summed E-state index contributed by atoms with van der Waals surface area (Å²) in [7, 11) is 0. The Bertz CT molecular complexity index is 448. The van der Waals surface area contributed by atoms with Crippen LogP contribution in [0.2, 0.25) is 10.0 Å². The van der Waals surface area contributed by atoms with Gasteiger partial charge in [0.25, 0.3) is 0 Å². The fraction of sp³-hybridized carbons (Fsp3) is 0.600. The fourth-order valence-electron chi connectivity index (χ4n) is 2.75. The van der Waals surface area contributed by atoms with Gasteiger partial charge in [0.1, 0.15) is 0 Å². The molecule has 1 saturated carbocycles. The zero-order chi connectivity index (χ0) is 13.2. The summed E-state index contributed by atoms with van der Waals surface area (Å²) in [5, 5.41) is 5.30. The van der Waals surface area contributed by atoms with E-state index >= 15 is 0 Å². The van der Waals surface area contributed by atoms with E-state index in [1.54, 1.807) is 0 Å². The van der Waals surface area contributed by atoms with E-state index < -0.39 is 0 Å². The Morgan fingerprint density at radius 3 is 2.84 bits per heavy atom. The molecule has 1 saturated heterocycles. The molecule has 0 amide bonds. The number of halogens is 2. The third kappa shape index (κ3) is 3.63. The van der Waals surface area contributed by atoms with Crippen LogP contribution in [0.3, 0.4) is 0 Å². The smallest absolute Gasteiger partial charge is 0.0512 e. The Labute approximate surface area is 124 Å². The third-order valence-corrected chi connectivity index (χ3v) is 4.59. The van der Waals surface area contributed by atoms with Crippen molar-refractivity contribution in [2.45, 2.75) is 37.8 Å². The van der Waals surface area contributed by atoms with Crippen LogP contribution in [0.1, 0.15) is 24.8 Å². The molecular weight excluding hydrogens is 281 g/mol. The second-order valence-electron chi connectivity index (χ2n) is 5.61. The minimum absolute atomic E-state index is 0.491. The van der Waals surface area contributed by atoms with Crippen LogP contribution in [0.5, 0.6) is 0 Å². The summed E-state index contributed by atoms with van der Waals surface area (Å²) in [4.78, 5) is 0. The van der Waals surface area contributed by atoms with E-state index in [1.807, 2.05) is 18.2 Å². The van der Waals surface area contributed by atoms with Gasteiger partial charge in [-0.3, -0.25) is 0 Å². The van der Waals surface area contributed by atoms with Gasteiger partial charge in [0.05, 0.1) is 6.61 Å². The zero-order valence-electron chi connectivity index (χ0n) is 10.9. The minimum Gasteiger partial charge on any atom is -0.381 e. The van der Waals surface area contributed by atoms with Gasteiger partial charge >= 0.3 is 0 Å². The second-order valence-corrected chi connectivity index (χ2v) is 6.45. The van der Waals surface area contributed by atoms with Crippen LogP contribution >= 0.6 is 23.2 Å². The minimum atomic E-state index is 0.491. The number of rotatable bonds is 4. The van der Waals surface area contributed by atoms with Crippen molar-refractivity contribution in [2.24, 2.45) is 5.92 Å². The maximum atomic E-state index is 6.26. The molecule has 19 heavy (non-hydrogen) atoms. The number of hydrogen-bond acceptors (Lipinski definition) is 2. The molecule has 1 aliphatic carbocycles. The van der Waals surface area contributed by atoms with Crippen LogP contribution in [-0.4, -0.2) is 25.3 Å². The van der Waals surface area contributed by atoms with Crippen molar-refractivity contribution in [3.63, 3.8) is 0 Å².